The van der Waals surface area contributed by atoms with Crippen LogP contribution in [0.15, 0.2) is 11.8 Å². The minimum absolute atomic E-state index is 0.701. The molecule has 1 nitrogen and oxygen atoms in total. The van der Waals surface area contributed by atoms with E-state index < -0.39 is 0 Å². The van der Waals surface area contributed by atoms with Crippen molar-refractivity contribution in [1.82, 2.24) is 4.90 Å². The van der Waals surface area contributed by atoms with Gasteiger partial charge in [-0.15, -0.1) is 0 Å². The lowest BCUT2D eigenvalue weighted by molar-refractivity contribution is 0.0600. The molecule has 1 heteroatoms. The minimum atomic E-state index is 0.701. The fourth-order valence-electron chi connectivity index (χ4n) is 3.39. The molecule has 2 rings (SSSR count). The Labute approximate surface area is 94.5 Å². The van der Waals surface area contributed by atoms with E-state index in [2.05, 4.69) is 52.5 Å². The second kappa shape index (κ2) is 3.54. The first-order valence-electron chi connectivity index (χ1n) is 6.45. The highest BCUT2D eigenvalue weighted by Gasteiger charge is 2.43. The van der Waals surface area contributed by atoms with E-state index in [1.165, 1.54) is 0 Å². The van der Waals surface area contributed by atoms with Crippen LogP contribution in [-0.2, 0) is 0 Å². The van der Waals surface area contributed by atoms with Crippen LogP contribution >= 0.6 is 0 Å². The Morgan fingerprint density at radius 2 is 1.47 bits per heavy atom. The molecule has 0 saturated carbocycles. The maximum absolute atomic E-state index is 2.68. The van der Waals surface area contributed by atoms with Crippen LogP contribution in [0.5, 0.6) is 0 Å². The Bertz CT molecular complexity index is 281. The van der Waals surface area contributed by atoms with Crippen molar-refractivity contribution in [2.24, 2.45) is 23.7 Å². The lowest BCUT2D eigenvalue weighted by Gasteiger charge is -2.48. The molecule has 1 saturated heterocycles. The van der Waals surface area contributed by atoms with E-state index in [1.807, 2.05) is 0 Å². The van der Waals surface area contributed by atoms with E-state index in [-0.39, 0.29) is 0 Å². The summed E-state index contributed by atoms with van der Waals surface area (Å²) in [6.45, 7) is 14.4. The number of allylic oxidation sites excluding steroid dienone is 1. The van der Waals surface area contributed by atoms with Crippen molar-refractivity contribution in [2.45, 2.75) is 53.6 Å². The van der Waals surface area contributed by atoms with Gasteiger partial charge in [0.1, 0.15) is 0 Å². The van der Waals surface area contributed by atoms with Gasteiger partial charge in [0.2, 0.25) is 0 Å². The molecule has 0 aromatic carbocycles. The van der Waals surface area contributed by atoms with E-state index in [4.69, 9.17) is 0 Å². The van der Waals surface area contributed by atoms with Gasteiger partial charge in [0, 0.05) is 17.8 Å². The predicted octanol–water partition coefficient (Wildman–Crippen LogP) is 3.52. The summed E-state index contributed by atoms with van der Waals surface area (Å²) in [7, 11) is 0. The summed E-state index contributed by atoms with van der Waals surface area (Å²) in [5.41, 5.74) is 1.62. The molecule has 0 amide bonds. The van der Waals surface area contributed by atoms with Crippen LogP contribution < -0.4 is 0 Å². The zero-order valence-corrected chi connectivity index (χ0v) is 11.0. The second-order valence-corrected chi connectivity index (χ2v) is 5.85. The summed E-state index contributed by atoms with van der Waals surface area (Å²) in [6.07, 6.45) is 2.51. The van der Waals surface area contributed by atoms with Crippen molar-refractivity contribution in [3.8, 4) is 0 Å². The largest absolute Gasteiger partial charge is 0.369 e. The van der Waals surface area contributed by atoms with Crippen LogP contribution in [0.1, 0.15) is 41.5 Å². The number of fused-ring (bicyclic) bond motifs is 1. The number of rotatable bonds is 0. The second-order valence-electron chi connectivity index (χ2n) is 5.85. The molecule has 0 aromatic rings. The fraction of sp³-hybridized carbons (Fsp3) is 0.857. The van der Waals surface area contributed by atoms with Gasteiger partial charge in [0.25, 0.3) is 0 Å². The lowest BCUT2D eigenvalue weighted by Crippen LogP contribution is -2.49. The van der Waals surface area contributed by atoms with Crippen molar-refractivity contribution in [1.29, 1.82) is 0 Å². The summed E-state index contributed by atoms with van der Waals surface area (Å²) in [4.78, 5) is 2.68. The molecule has 2 aliphatic rings. The molecule has 0 radical (unpaired) electrons. The summed E-state index contributed by atoms with van der Waals surface area (Å²) < 4.78 is 0. The van der Waals surface area contributed by atoms with Crippen LogP contribution in [0.25, 0.3) is 0 Å². The topological polar surface area (TPSA) is 3.24 Å². The first kappa shape index (κ1) is 11.0. The van der Waals surface area contributed by atoms with E-state index in [0.29, 0.717) is 12.1 Å². The Morgan fingerprint density at radius 3 is 2.07 bits per heavy atom. The highest BCUT2D eigenvalue weighted by atomic mass is 15.2. The Kier molecular flexibility index (Phi) is 2.60. The van der Waals surface area contributed by atoms with Crippen LogP contribution in [0.2, 0.25) is 0 Å². The normalized spacial score (nSPS) is 50.3. The molecule has 2 aliphatic heterocycles. The zero-order chi connectivity index (χ0) is 11.3. The molecular formula is C14H25N. The molecule has 86 valence electrons. The average molecular weight is 207 g/mol. The van der Waals surface area contributed by atoms with Crippen LogP contribution in [0.3, 0.4) is 0 Å². The van der Waals surface area contributed by atoms with Gasteiger partial charge in [-0.1, -0.05) is 33.8 Å². The van der Waals surface area contributed by atoms with Gasteiger partial charge in [-0.3, -0.25) is 0 Å². The van der Waals surface area contributed by atoms with Gasteiger partial charge in [-0.05, 0) is 37.5 Å². The number of nitrogens with zero attached hydrogens (tertiary/aromatic N) is 1. The van der Waals surface area contributed by atoms with Crippen LogP contribution in [0.4, 0.5) is 0 Å². The quantitative estimate of drug-likeness (QED) is 0.587. The van der Waals surface area contributed by atoms with E-state index in [1.54, 1.807) is 5.70 Å². The van der Waals surface area contributed by atoms with Gasteiger partial charge in [0.05, 0.1) is 0 Å². The van der Waals surface area contributed by atoms with Crippen molar-refractivity contribution >= 4 is 0 Å². The summed E-state index contributed by atoms with van der Waals surface area (Å²) >= 11 is 0. The van der Waals surface area contributed by atoms with Crippen molar-refractivity contribution in [3.05, 3.63) is 11.8 Å². The number of piperidine rings is 1. The molecule has 15 heavy (non-hydrogen) atoms. The first-order valence-corrected chi connectivity index (χ1v) is 6.45. The molecule has 0 bridgehead atoms. The fourth-order valence-corrected chi connectivity index (χ4v) is 3.39. The third-order valence-electron chi connectivity index (χ3n) is 5.22. The minimum Gasteiger partial charge on any atom is -0.369 e. The molecule has 6 atom stereocenters. The molecule has 0 N–H and O–H groups in total. The molecule has 0 unspecified atom stereocenters. The first-order chi connectivity index (χ1) is 6.95. The maximum Gasteiger partial charge on any atom is 0.0322 e. The monoisotopic (exact) mass is 207 g/mol. The van der Waals surface area contributed by atoms with Gasteiger partial charge < -0.3 is 4.90 Å². The summed E-state index contributed by atoms with van der Waals surface area (Å²) in [5, 5.41) is 0. The van der Waals surface area contributed by atoms with E-state index >= 15 is 0 Å². The summed E-state index contributed by atoms with van der Waals surface area (Å²) in [5.74, 6) is 3.09. The Hall–Kier alpha value is -0.460. The molecule has 2 heterocycles. The molecule has 0 aliphatic carbocycles. The van der Waals surface area contributed by atoms with E-state index in [9.17, 15) is 0 Å². The Balaban J connectivity index is 2.34. The maximum atomic E-state index is 2.68. The smallest absolute Gasteiger partial charge is 0.0322 e. The molecular weight excluding hydrogens is 182 g/mol. The van der Waals surface area contributed by atoms with Crippen molar-refractivity contribution in [2.75, 3.05) is 0 Å². The van der Waals surface area contributed by atoms with Crippen molar-refractivity contribution in [3.63, 3.8) is 0 Å². The molecule has 1 fully saturated rings. The standard InChI is InChI=1S/C14H25N/c1-8-7-14-11(4)9(2)10(3)13(6)15(14)12(8)5/h7-13H,1-6H3/t8-,9-,10+,11-,12-,13+/m0/s1. The third kappa shape index (κ3) is 1.43. The highest BCUT2D eigenvalue weighted by Crippen LogP contribution is 2.45. The van der Waals surface area contributed by atoms with Crippen molar-refractivity contribution < 1.29 is 0 Å². The number of hydrogen-bond donors (Lipinski definition) is 0. The Morgan fingerprint density at radius 1 is 0.867 bits per heavy atom. The average Bonchev–Trinajstić information content (AvgIpc) is 2.50. The SMILES string of the molecule is C[C@@H]1[C@H](C)[C@H](C)C2=C[C@H](C)[C@H](C)N2[C@@H]1C. The van der Waals surface area contributed by atoms with E-state index in [0.717, 1.165) is 23.7 Å². The van der Waals surface area contributed by atoms with Gasteiger partial charge in [-0.2, -0.15) is 0 Å². The van der Waals surface area contributed by atoms with Crippen LogP contribution in [-0.4, -0.2) is 17.0 Å². The highest BCUT2D eigenvalue weighted by molar-refractivity contribution is 5.21. The summed E-state index contributed by atoms with van der Waals surface area (Å²) in [6, 6.07) is 1.41. The zero-order valence-electron chi connectivity index (χ0n) is 11.0. The van der Waals surface area contributed by atoms with Gasteiger partial charge >= 0.3 is 0 Å². The van der Waals surface area contributed by atoms with Gasteiger partial charge in [0.15, 0.2) is 0 Å². The lowest BCUT2D eigenvalue weighted by atomic mass is 9.75. The van der Waals surface area contributed by atoms with Crippen LogP contribution in [0, 0.1) is 23.7 Å². The third-order valence-corrected chi connectivity index (χ3v) is 5.22. The number of hydrogen-bond acceptors (Lipinski definition) is 1. The molecule has 0 spiro atoms. The predicted molar refractivity (Wildman–Crippen MR) is 65.5 cm³/mol. The van der Waals surface area contributed by atoms with Gasteiger partial charge in [-0.25, -0.2) is 0 Å². The molecule has 0 aromatic heterocycles.